The van der Waals surface area contributed by atoms with Crippen LogP contribution in [0.4, 0.5) is 0 Å². The summed E-state index contributed by atoms with van der Waals surface area (Å²) in [5, 5.41) is 6.80. The van der Waals surface area contributed by atoms with Crippen LogP contribution in [0.3, 0.4) is 0 Å². The van der Waals surface area contributed by atoms with Gasteiger partial charge in [-0.1, -0.05) is 20.3 Å². The van der Waals surface area contributed by atoms with E-state index in [0.717, 1.165) is 19.4 Å². The highest BCUT2D eigenvalue weighted by Crippen LogP contribution is 2.29. The minimum atomic E-state index is 0.193. The zero-order valence-electron chi connectivity index (χ0n) is 13.3. The quantitative estimate of drug-likeness (QED) is 0.749. The number of fused-ring (bicyclic) bond motifs is 2. The van der Waals surface area contributed by atoms with Crippen molar-refractivity contribution >= 4 is 5.91 Å². The van der Waals surface area contributed by atoms with Gasteiger partial charge in [0.1, 0.15) is 0 Å². The van der Waals surface area contributed by atoms with Gasteiger partial charge in [0.2, 0.25) is 5.91 Å². The molecule has 2 aliphatic rings. The summed E-state index contributed by atoms with van der Waals surface area (Å²) in [7, 11) is 0. The number of amides is 1. The van der Waals surface area contributed by atoms with Crippen LogP contribution in [0.2, 0.25) is 0 Å². The van der Waals surface area contributed by atoms with Crippen LogP contribution in [-0.2, 0) is 4.79 Å². The molecule has 0 aromatic rings. The number of nitrogens with zero attached hydrogens (tertiary/aromatic N) is 1. The van der Waals surface area contributed by atoms with Gasteiger partial charge in [-0.15, -0.1) is 0 Å². The molecule has 0 aliphatic carbocycles. The van der Waals surface area contributed by atoms with E-state index in [-0.39, 0.29) is 5.91 Å². The largest absolute Gasteiger partial charge is 0.353 e. The molecule has 0 aromatic heterocycles. The average Bonchev–Trinajstić information content (AvgIpc) is 2.75. The molecule has 1 amide bonds. The fourth-order valence-electron chi connectivity index (χ4n) is 3.83. The molecule has 3 atom stereocenters. The molecule has 116 valence electrons. The van der Waals surface area contributed by atoms with Crippen molar-refractivity contribution in [3.05, 3.63) is 0 Å². The first-order valence-electron chi connectivity index (χ1n) is 8.41. The zero-order valence-corrected chi connectivity index (χ0v) is 13.3. The molecule has 2 N–H and O–H groups in total. The molecule has 3 unspecified atom stereocenters. The van der Waals surface area contributed by atoms with Crippen LogP contribution in [0.1, 0.15) is 59.3 Å². The Bertz CT molecular complexity index is 309. The first-order chi connectivity index (χ1) is 9.62. The monoisotopic (exact) mass is 281 g/mol. The van der Waals surface area contributed by atoms with Gasteiger partial charge in [0.25, 0.3) is 0 Å². The Morgan fingerprint density at radius 3 is 2.50 bits per heavy atom. The Morgan fingerprint density at radius 2 is 1.95 bits per heavy atom. The summed E-state index contributed by atoms with van der Waals surface area (Å²) in [5.74, 6) is 0.193. The van der Waals surface area contributed by atoms with Crippen molar-refractivity contribution in [2.45, 2.75) is 83.5 Å². The first kappa shape index (κ1) is 15.8. The number of carbonyl (C=O) groups excluding carboxylic acids is 1. The minimum absolute atomic E-state index is 0.193. The lowest BCUT2D eigenvalue weighted by Gasteiger charge is -2.37. The Labute approximate surface area is 123 Å². The molecule has 4 heteroatoms. The molecule has 2 saturated heterocycles. The Balaban J connectivity index is 1.81. The molecule has 0 aromatic carbocycles. The van der Waals surface area contributed by atoms with E-state index in [0.29, 0.717) is 30.7 Å². The molecule has 2 bridgehead atoms. The summed E-state index contributed by atoms with van der Waals surface area (Å²) >= 11 is 0. The third-order valence-corrected chi connectivity index (χ3v) is 4.85. The second-order valence-electron chi connectivity index (χ2n) is 6.58. The number of carbonyl (C=O) groups is 1. The van der Waals surface area contributed by atoms with Crippen LogP contribution in [0.25, 0.3) is 0 Å². The molecule has 0 spiro atoms. The molecule has 2 aliphatic heterocycles. The minimum Gasteiger partial charge on any atom is -0.353 e. The van der Waals surface area contributed by atoms with Crippen molar-refractivity contribution in [3.8, 4) is 0 Å². The van der Waals surface area contributed by atoms with Crippen molar-refractivity contribution in [2.24, 2.45) is 0 Å². The van der Waals surface area contributed by atoms with Crippen molar-refractivity contribution in [1.29, 1.82) is 0 Å². The van der Waals surface area contributed by atoms with Crippen LogP contribution < -0.4 is 10.6 Å². The molecule has 0 saturated carbocycles. The fraction of sp³-hybridized carbons (Fsp3) is 0.938. The molecular formula is C16H31N3O. The van der Waals surface area contributed by atoms with Gasteiger partial charge in [-0.2, -0.15) is 0 Å². The first-order valence-corrected chi connectivity index (χ1v) is 8.41. The predicted molar refractivity (Wildman–Crippen MR) is 82.7 cm³/mol. The highest BCUT2D eigenvalue weighted by Gasteiger charge is 2.36. The lowest BCUT2D eigenvalue weighted by molar-refractivity contribution is -0.123. The van der Waals surface area contributed by atoms with Gasteiger partial charge in [0.15, 0.2) is 0 Å². The van der Waals surface area contributed by atoms with E-state index in [1.54, 1.807) is 0 Å². The second-order valence-corrected chi connectivity index (χ2v) is 6.58. The number of likely N-dealkylation sites (N-methyl/N-ethyl adjacent to an activating group) is 1. The van der Waals surface area contributed by atoms with Gasteiger partial charge in [0.05, 0.1) is 6.54 Å². The normalized spacial score (nSPS) is 30.5. The van der Waals surface area contributed by atoms with Crippen molar-refractivity contribution in [3.63, 3.8) is 0 Å². The summed E-state index contributed by atoms with van der Waals surface area (Å²) in [6.07, 6.45) is 7.24. The van der Waals surface area contributed by atoms with E-state index in [1.165, 1.54) is 25.7 Å². The number of hydrogen-bond donors (Lipinski definition) is 2. The van der Waals surface area contributed by atoms with Gasteiger partial charge in [-0.05, 0) is 45.6 Å². The zero-order chi connectivity index (χ0) is 14.5. The van der Waals surface area contributed by atoms with E-state index in [1.807, 2.05) is 0 Å². The third kappa shape index (κ3) is 4.19. The maximum atomic E-state index is 12.2. The molecule has 2 rings (SSSR count). The predicted octanol–water partition coefficient (Wildman–Crippen LogP) is 1.90. The van der Waals surface area contributed by atoms with Crippen molar-refractivity contribution < 1.29 is 4.79 Å². The Morgan fingerprint density at radius 1 is 1.30 bits per heavy atom. The topological polar surface area (TPSA) is 44.4 Å². The van der Waals surface area contributed by atoms with E-state index in [2.05, 4.69) is 36.3 Å². The fourth-order valence-corrected chi connectivity index (χ4v) is 3.83. The van der Waals surface area contributed by atoms with E-state index in [9.17, 15) is 4.79 Å². The summed E-state index contributed by atoms with van der Waals surface area (Å²) < 4.78 is 0. The van der Waals surface area contributed by atoms with Crippen LogP contribution in [0.15, 0.2) is 0 Å². The number of rotatable bonds is 7. The van der Waals surface area contributed by atoms with Gasteiger partial charge in [0, 0.05) is 24.2 Å². The number of piperidine rings is 1. The molecule has 0 radical (unpaired) electrons. The van der Waals surface area contributed by atoms with E-state index in [4.69, 9.17) is 0 Å². The van der Waals surface area contributed by atoms with Crippen LogP contribution in [-0.4, -0.2) is 48.1 Å². The summed E-state index contributed by atoms with van der Waals surface area (Å²) in [5.41, 5.74) is 0. The average molecular weight is 281 g/mol. The van der Waals surface area contributed by atoms with Gasteiger partial charge in [-0.3, -0.25) is 9.69 Å². The highest BCUT2D eigenvalue weighted by molar-refractivity contribution is 5.78. The van der Waals surface area contributed by atoms with Crippen LogP contribution >= 0.6 is 0 Å². The standard InChI is InChI=1S/C16H31N3O/c1-4-6-12(3)17-16(20)11-19(5-2)15-9-13-7-8-14(10-15)18-13/h12-15,18H,4-11H2,1-3H3,(H,17,20). The van der Waals surface area contributed by atoms with Gasteiger partial charge in [-0.25, -0.2) is 0 Å². The number of nitrogens with one attached hydrogen (secondary N) is 2. The lowest BCUT2D eigenvalue weighted by atomic mass is 9.98. The summed E-state index contributed by atoms with van der Waals surface area (Å²) in [4.78, 5) is 14.5. The Hall–Kier alpha value is -0.610. The molecule has 20 heavy (non-hydrogen) atoms. The Kier molecular flexibility index (Phi) is 5.85. The maximum Gasteiger partial charge on any atom is 0.234 e. The highest BCUT2D eigenvalue weighted by atomic mass is 16.2. The van der Waals surface area contributed by atoms with Crippen molar-refractivity contribution in [2.75, 3.05) is 13.1 Å². The van der Waals surface area contributed by atoms with Gasteiger partial charge >= 0.3 is 0 Å². The summed E-state index contributed by atoms with van der Waals surface area (Å²) in [6, 6.07) is 2.27. The SMILES string of the molecule is CCCC(C)NC(=O)CN(CC)C1CC2CCC(C1)N2. The molecule has 2 heterocycles. The van der Waals surface area contributed by atoms with Crippen LogP contribution in [0, 0.1) is 0 Å². The van der Waals surface area contributed by atoms with Crippen LogP contribution in [0.5, 0.6) is 0 Å². The van der Waals surface area contributed by atoms with E-state index < -0.39 is 0 Å². The van der Waals surface area contributed by atoms with E-state index >= 15 is 0 Å². The second kappa shape index (κ2) is 7.41. The molecule has 4 nitrogen and oxygen atoms in total. The summed E-state index contributed by atoms with van der Waals surface area (Å²) in [6.45, 7) is 7.97. The molecular weight excluding hydrogens is 250 g/mol. The third-order valence-electron chi connectivity index (χ3n) is 4.85. The van der Waals surface area contributed by atoms with Crippen molar-refractivity contribution in [1.82, 2.24) is 15.5 Å². The molecule has 2 fully saturated rings. The number of hydrogen-bond acceptors (Lipinski definition) is 3. The lowest BCUT2D eigenvalue weighted by Crippen LogP contribution is -2.51. The van der Waals surface area contributed by atoms with Gasteiger partial charge < -0.3 is 10.6 Å². The smallest absolute Gasteiger partial charge is 0.234 e. The maximum absolute atomic E-state index is 12.2.